The maximum atomic E-state index is 12.0. The molecule has 2 amide bonds. The van der Waals surface area contributed by atoms with Crippen molar-refractivity contribution in [3.05, 3.63) is 60.2 Å². The lowest BCUT2D eigenvalue weighted by molar-refractivity contribution is -0.114. The number of benzene rings is 2. The summed E-state index contributed by atoms with van der Waals surface area (Å²) in [7, 11) is -2.70. The highest BCUT2D eigenvalue weighted by Gasteiger charge is 2.21. The Morgan fingerprint density at radius 3 is 1.78 bits per heavy atom. The second kappa shape index (κ2) is 8.95. The zero-order chi connectivity index (χ0) is 19.9. The topological polar surface area (TPSA) is 119 Å². The quantitative estimate of drug-likeness (QED) is 0.691. The molecule has 9 heteroatoms. The number of amides is 2. The molecular formula is C18H18N2O6S. The van der Waals surface area contributed by atoms with Gasteiger partial charge in [0.1, 0.15) is 11.5 Å². The lowest BCUT2D eigenvalue weighted by Crippen LogP contribution is -2.30. The minimum atomic E-state index is -3.94. The van der Waals surface area contributed by atoms with E-state index in [4.69, 9.17) is 0 Å². The van der Waals surface area contributed by atoms with Gasteiger partial charge in [-0.15, -0.1) is 0 Å². The van der Waals surface area contributed by atoms with Crippen LogP contribution >= 0.6 is 0 Å². The summed E-state index contributed by atoms with van der Waals surface area (Å²) in [6, 6.07) is 14.1. The van der Waals surface area contributed by atoms with Gasteiger partial charge in [0.15, 0.2) is 9.84 Å². The Morgan fingerprint density at radius 2 is 1.30 bits per heavy atom. The van der Waals surface area contributed by atoms with Crippen LogP contribution in [0.15, 0.2) is 54.6 Å². The zero-order valence-corrected chi connectivity index (χ0v) is 15.3. The normalized spacial score (nSPS) is 10.7. The molecule has 0 saturated heterocycles. The number of methoxy groups -OCH3 is 1. The fourth-order valence-electron chi connectivity index (χ4n) is 2.17. The van der Waals surface area contributed by atoms with E-state index in [1.165, 1.54) is 31.4 Å². The molecule has 0 atom stereocenters. The van der Waals surface area contributed by atoms with Gasteiger partial charge in [-0.05, 0) is 36.4 Å². The first-order chi connectivity index (χ1) is 12.8. The number of hydrogen-bond acceptors (Lipinski definition) is 6. The van der Waals surface area contributed by atoms with Gasteiger partial charge in [0.25, 0.3) is 0 Å². The Kier molecular flexibility index (Phi) is 6.67. The Morgan fingerprint density at radius 1 is 0.815 bits per heavy atom. The summed E-state index contributed by atoms with van der Waals surface area (Å²) in [5.74, 6) is -3.69. The largest absolute Gasteiger partial charge is 0.465 e. The van der Waals surface area contributed by atoms with Gasteiger partial charge in [-0.3, -0.25) is 9.59 Å². The van der Waals surface area contributed by atoms with Crippen LogP contribution in [0.1, 0.15) is 10.4 Å². The number of sulfone groups is 1. The van der Waals surface area contributed by atoms with E-state index in [1.54, 1.807) is 30.3 Å². The highest BCUT2D eigenvalue weighted by Crippen LogP contribution is 2.11. The van der Waals surface area contributed by atoms with Gasteiger partial charge < -0.3 is 15.4 Å². The van der Waals surface area contributed by atoms with E-state index in [9.17, 15) is 22.8 Å². The molecular weight excluding hydrogens is 372 g/mol. The van der Waals surface area contributed by atoms with Crippen LogP contribution in [0.2, 0.25) is 0 Å². The van der Waals surface area contributed by atoms with Crippen LogP contribution in [0, 0.1) is 0 Å². The molecule has 142 valence electrons. The minimum Gasteiger partial charge on any atom is -0.465 e. The van der Waals surface area contributed by atoms with Crippen LogP contribution in [0.5, 0.6) is 0 Å². The smallest absolute Gasteiger partial charge is 0.337 e. The summed E-state index contributed by atoms with van der Waals surface area (Å²) in [6.45, 7) is 0. The Hall–Kier alpha value is -3.20. The molecule has 0 aliphatic carbocycles. The highest BCUT2D eigenvalue weighted by molar-refractivity contribution is 7.92. The van der Waals surface area contributed by atoms with E-state index in [0.717, 1.165) is 0 Å². The third kappa shape index (κ3) is 6.55. The summed E-state index contributed by atoms with van der Waals surface area (Å²) in [5, 5.41) is 4.85. The molecule has 0 bridgehead atoms. The van der Waals surface area contributed by atoms with Crippen molar-refractivity contribution in [2.45, 2.75) is 0 Å². The van der Waals surface area contributed by atoms with Crippen molar-refractivity contribution in [3.63, 3.8) is 0 Å². The number of ether oxygens (including phenoxy) is 1. The molecule has 0 saturated carbocycles. The summed E-state index contributed by atoms with van der Waals surface area (Å²) >= 11 is 0. The molecule has 0 unspecified atom stereocenters. The van der Waals surface area contributed by atoms with E-state index in [-0.39, 0.29) is 0 Å². The molecule has 0 spiro atoms. The molecule has 2 aromatic carbocycles. The molecule has 0 aliphatic heterocycles. The maximum Gasteiger partial charge on any atom is 0.337 e. The average molecular weight is 390 g/mol. The van der Waals surface area contributed by atoms with Gasteiger partial charge in [-0.2, -0.15) is 0 Å². The SMILES string of the molecule is COC(=O)c1ccc(NC(=O)CS(=O)(=O)CC(=O)Nc2ccccc2)cc1. The van der Waals surface area contributed by atoms with Crippen molar-refractivity contribution in [1.82, 2.24) is 0 Å². The molecule has 0 aromatic heterocycles. The van der Waals surface area contributed by atoms with Crippen LogP contribution in [-0.4, -0.2) is 44.8 Å². The van der Waals surface area contributed by atoms with Crippen LogP contribution in [0.25, 0.3) is 0 Å². The van der Waals surface area contributed by atoms with Crippen molar-refractivity contribution in [2.75, 3.05) is 29.2 Å². The van der Waals surface area contributed by atoms with Gasteiger partial charge in [0.05, 0.1) is 12.7 Å². The van der Waals surface area contributed by atoms with Crippen LogP contribution in [0.3, 0.4) is 0 Å². The average Bonchev–Trinajstić information content (AvgIpc) is 2.61. The lowest BCUT2D eigenvalue weighted by Gasteiger charge is -2.08. The van der Waals surface area contributed by atoms with Crippen molar-refractivity contribution < 1.29 is 27.5 Å². The first kappa shape index (κ1) is 20.1. The maximum absolute atomic E-state index is 12.0. The van der Waals surface area contributed by atoms with Gasteiger partial charge in [-0.1, -0.05) is 18.2 Å². The summed E-state index contributed by atoms with van der Waals surface area (Å²) < 4.78 is 28.6. The first-order valence-electron chi connectivity index (χ1n) is 7.82. The monoisotopic (exact) mass is 390 g/mol. The number of para-hydroxylation sites is 1. The van der Waals surface area contributed by atoms with Crippen molar-refractivity contribution in [1.29, 1.82) is 0 Å². The predicted molar refractivity (Wildman–Crippen MR) is 100 cm³/mol. The van der Waals surface area contributed by atoms with Crippen LogP contribution in [-0.2, 0) is 24.2 Å². The van der Waals surface area contributed by atoms with Gasteiger partial charge >= 0.3 is 5.97 Å². The molecule has 2 rings (SSSR count). The third-order valence-corrected chi connectivity index (χ3v) is 4.75. The number of carbonyl (C=O) groups is 3. The molecule has 0 radical (unpaired) electrons. The molecule has 0 heterocycles. The fraction of sp³-hybridized carbons (Fsp3) is 0.167. The molecule has 0 fully saturated rings. The standard InChI is InChI=1S/C18H18N2O6S/c1-26-18(23)13-7-9-15(10-8-13)20-17(22)12-27(24,25)11-16(21)19-14-5-3-2-4-6-14/h2-10H,11-12H2,1H3,(H,19,21)(H,20,22). The van der Waals surface area contributed by atoms with Crippen molar-refractivity contribution >= 4 is 39.0 Å². The van der Waals surface area contributed by atoms with Crippen molar-refractivity contribution in [3.8, 4) is 0 Å². The summed E-state index contributed by atoms with van der Waals surface area (Å²) in [4.78, 5) is 35.1. The number of carbonyl (C=O) groups excluding carboxylic acids is 3. The second-order valence-corrected chi connectivity index (χ2v) is 7.63. The fourth-order valence-corrected chi connectivity index (χ4v) is 3.22. The zero-order valence-electron chi connectivity index (χ0n) is 14.5. The Labute approximate surface area is 156 Å². The van der Waals surface area contributed by atoms with Crippen LogP contribution < -0.4 is 10.6 Å². The summed E-state index contributed by atoms with van der Waals surface area (Å²) in [6.07, 6.45) is 0. The second-order valence-electron chi connectivity index (χ2n) is 5.56. The number of rotatable bonds is 7. The molecule has 2 N–H and O–H groups in total. The number of nitrogens with one attached hydrogen (secondary N) is 2. The number of hydrogen-bond donors (Lipinski definition) is 2. The molecule has 2 aromatic rings. The highest BCUT2D eigenvalue weighted by atomic mass is 32.2. The van der Waals surface area contributed by atoms with Gasteiger partial charge in [0.2, 0.25) is 11.8 Å². The number of anilines is 2. The van der Waals surface area contributed by atoms with E-state index in [0.29, 0.717) is 16.9 Å². The lowest BCUT2D eigenvalue weighted by atomic mass is 10.2. The van der Waals surface area contributed by atoms with E-state index < -0.39 is 39.1 Å². The molecule has 8 nitrogen and oxygen atoms in total. The van der Waals surface area contributed by atoms with Gasteiger partial charge in [-0.25, -0.2) is 13.2 Å². The van der Waals surface area contributed by atoms with E-state index in [1.807, 2.05) is 0 Å². The molecule has 27 heavy (non-hydrogen) atoms. The Balaban J connectivity index is 1.89. The Bertz CT molecular complexity index is 924. The third-order valence-electron chi connectivity index (χ3n) is 3.35. The number of esters is 1. The first-order valence-corrected chi connectivity index (χ1v) is 9.65. The van der Waals surface area contributed by atoms with E-state index >= 15 is 0 Å². The van der Waals surface area contributed by atoms with E-state index in [2.05, 4.69) is 15.4 Å². The van der Waals surface area contributed by atoms with Crippen LogP contribution in [0.4, 0.5) is 11.4 Å². The summed E-state index contributed by atoms with van der Waals surface area (Å²) in [5.41, 5.74) is 1.07. The molecule has 0 aliphatic rings. The predicted octanol–water partition coefficient (Wildman–Crippen LogP) is 1.47. The minimum absolute atomic E-state index is 0.292. The van der Waals surface area contributed by atoms with Gasteiger partial charge in [0, 0.05) is 11.4 Å². The van der Waals surface area contributed by atoms with Crippen molar-refractivity contribution in [2.24, 2.45) is 0 Å².